The summed E-state index contributed by atoms with van der Waals surface area (Å²) in [6, 6.07) is 19.0. The molecule has 1 aliphatic heterocycles. The maximum absolute atomic E-state index is 5.65. The average Bonchev–Trinajstić information content (AvgIpc) is 3.32. The zero-order valence-electron chi connectivity index (χ0n) is 16.4. The lowest BCUT2D eigenvalue weighted by Crippen LogP contribution is -2.30. The standard InChI is InChI=1S/C22H25N5S/c1-4-26-21(20(24-22(26)28)18-8-5-6-14-23-18)19-9-7-15-27(19)17-12-10-16(11-13-17)25(2)3/h5-15,20-21H,4H2,1-3H3,(H,24,28). The monoisotopic (exact) mass is 391 g/mol. The highest BCUT2D eigenvalue weighted by atomic mass is 32.1. The van der Waals surface area contributed by atoms with Crippen molar-refractivity contribution in [2.45, 2.75) is 19.0 Å². The van der Waals surface area contributed by atoms with Crippen molar-refractivity contribution in [2.24, 2.45) is 0 Å². The van der Waals surface area contributed by atoms with Crippen LogP contribution in [0.4, 0.5) is 5.69 Å². The second-order valence-electron chi connectivity index (χ2n) is 7.13. The topological polar surface area (TPSA) is 36.3 Å². The molecule has 5 nitrogen and oxygen atoms in total. The summed E-state index contributed by atoms with van der Waals surface area (Å²) in [5.74, 6) is 0. The molecule has 0 saturated carbocycles. The fourth-order valence-corrected chi connectivity index (χ4v) is 4.22. The molecular weight excluding hydrogens is 366 g/mol. The molecule has 2 unspecified atom stereocenters. The van der Waals surface area contributed by atoms with E-state index < -0.39 is 0 Å². The van der Waals surface area contributed by atoms with Crippen molar-refractivity contribution in [3.05, 3.63) is 78.4 Å². The third-order valence-corrected chi connectivity index (χ3v) is 5.62. The van der Waals surface area contributed by atoms with Crippen molar-refractivity contribution in [1.82, 2.24) is 19.8 Å². The molecule has 1 saturated heterocycles. The number of nitrogens with one attached hydrogen (secondary N) is 1. The predicted molar refractivity (Wildman–Crippen MR) is 118 cm³/mol. The van der Waals surface area contributed by atoms with Crippen molar-refractivity contribution in [1.29, 1.82) is 0 Å². The van der Waals surface area contributed by atoms with Gasteiger partial charge in [-0.2, -0.15) is 0 Å². The lowest BCUT2D eigenvalue weighted by molar-refractivity contribution is 0.321. The Labute approximate surface area is 171 Å². The molecule has 3 heterocycles. The van der Waals surface area contributed by atoms with Gasteiger partial charge in [-0.05, 0) is 67.7 Å². The van der Waals surface area contributed by atoms with E-state index in [4.69, 9.17) is 12.2 Å². The van der Waals surface area contributed by atoms with Crippen LogP contribution in [-0.2, 0) is 0 Å². The number of anilines is 1. The fraction of sp³-hybridized carbons (Fsp3) is 0.273. The zero-order chi connectivity index (χ0) is 19.7. The van der Waals surface area contributed by atoms with Gasteiger partial charge in [0.2, 0.25) is 0 Å². The van der Waals surface area contributed by atoms with Crippen LogP contribution in [0.25, 0.3) is 5.69 Å². The Hall–Kier alpha value is -2.86. The first kappa shape index (κ1) is 18.5. The predicted octanol–water partition coefficient (Wildman–Crippen LogP) is 3.93. The molecule has 0 bridgehead atoms. The van der Waals surface area contributed by atoms with Gasteiger partial charge in [0.1, 0.15) is 0 Å². The van der Waals surface area contributed by atoms with E-state index in [0.29, 0.717) is 0 Å². The third kappa shape index (κ3) is 3.24. The molecule has 144 valence electrons. The minimum absolute atomic E-state index is 0.0170. The molecule has 0 radical (unpaired) electrons. The summed E-state index contributed by atoms with van der Waals surface area (Å²) >= 11 is 5.65. The number of pyridine rings is 1. The summed E-state index contributed by atoms with van der Waals surface area (Å²) in [6.45, 7) is 2.98. The van der Waals surface area contributed by atoms with E-state index in [1.54, 1.807) is 0 Å². The zero-order valence-corrected chi connectivity index (χ0v) is 17.2. The average molecular weight is 392 g/mol. The highest BCUT2D eigenvalue weighted by Gasteiger charge is 2.40. The molecular formula is C22H25N5S. The number of thiocarbonyl (C=S) groups is 1. The molecule has 2 atom stereocenters. The molecule has 0 amide bonds. The minimum atomic E-state index is 0.0170. The normalized spacial score (nSPS) is 19.0. The van der Waals surface area contributed by atoms with Gasteiger partial charge in [0.15, 0.2) is 5.11 Å². The first-order chi connectivity index (χ1) is 13.6. The van der Waals surface area contributed by atoms with Crippen LogP contribution in [0.5, 0.6) is 0 Å². The lowest BCUT2D eigenvalue weighted by Gasteiger charge is -2.28. The van der Waals surface area contributed by atoms with Crippen molar-refractivity contribution in [2.75, 3.05) is 25.5 Å². The van der Waals surface area contributed by atoms with Crippen LogP contribution >= 0.6 is 12.2 Å². The van der Waals surface area contributed by atoms with E-state index in [2.05, 4.69) is 94.3 Å². The summed E-state index contributed by atoms with van der Waals surface area (Å²) in [5, 5.41) is 4.26. The molecule has 1 aliphatic rings. The van der Waals surface area contributed by atoms with Gasteiger partial charge >= 0.3 is 0 Å². The van der Waals surface area contributed by atoms with E-state index in [1.807, 2.05) is 18.3 Å². The van der Waals surface area contributed by atoms with E-state index in [0.717, 1.165) is 23.0 Å². The van der Waals surface area contributed by atoms with Gasteiger partial charge in [0.05, 0.1) is 17.8 Å². The highest BCUT2D eigenvalue weighted by Crippen LogP contribution is 2.39. The highest BCUT2D eigenvalue weighted by molar-refractivity contribution is 7.80. The number of aromatic nitrogens is 2. The first-order valence-corrected chi connectivity index (χ1v) is 9.94. The van der Waals surface area contributed by atoms with Crippen molar-refractivity contribution < 1.29 is 0 Å². The number of nitrogens with zero attached hydrogens (tertiary/aromatic N) is 4. The summed E-state index contributed by atoms with van der Waals surface area (Å²) in [6.07, 6.45) is 3.95. The Morgan fingerprint density at radius 2 is 1.86 bits per heavy atom. The van der Waals surface area contributed by atoms with Gasteiger partial charge < -0.3 is 19.7 Å². The van der Waals surface area contributed by atoms with Crippen molar-refractivity contribution in [3.8, 4) is 5.69 Å². The summed E-state index contributed by atoms with van der Waals surface area (Å²) in [4.78, 5) is 8.95. The molecule has 0 spiro atoms. The lowest BCUT2D eigenvalue weighted by atomic mass is 10.0. The van der Waals surface area contributed by atoms with E-state index in [-0.39, 0.29) is 12.1 Å². The maximum Gasteiger partial charge on any atom is 0.170 e. The number of benzene rings is 1. The Kier molecular flexibility index (Phi) is 5.05. The molecule has 28 heavy (non-hydrogen) atoms. The maximum atomic E-state index is 5.65. The van der Waals surface area contributed by atoms with E-state index >= 15 is 0 Å². The van der Waals surface area contributed by atoms with Crippen molar-refractivity contribution in [3.63, 3.8) is 0 Å². The van der Waals surface area contributed by atoms with Crippen LogP contribution in [0, 0.1) is 0 Å². The molecule has 3 aromatic rings. The number of hydrogen-bond donors (Lipinski definition) is 1. The Balaban J connectivity index is 1.76. The van der Waals surface area contributed by atoms with E-state index in [9.17, 15) is 0 Å². The van der Waals surface area contributed by atoms with Gasteiger partial charge in [-0.25, -0.2) is 0 Å². The molecule has 1 N–H and O–H groups in total. The largest absolute Gasteiger partial charge is 0.378 e. The second-order valence-corrected chi connectivity index (χ2v) is 7.51. The Morgan fingerprint density at radius 3 is 2.50 bits per heavy atom. The van der Waals surface area contributed by atoms with Crippen LogP contribution in [-0.4, -0.2) is 40.2 Å². The quantitative estimate of drug-likeness (QED) is 0.667. The van der Waals surface area contributed by atoms with Crippen LogP contribution < -0.4 is 10.2 Å². The van der Waals surface area contributed by atoms with Crippen LogP contribution in [0.3, 0.4) is 0 Å². The third-order valence-electron chi connectivity index (χ3n) is 5.27. The smallest absolute Gasteiger partial charge is 0.170 e. The minimum Gasteiger partial charge on any atom is -0.378 e. The number of hydrogen-bond acceptors (Lipinski definition) is 3. The molecule has 2 aromatic heterocycles. The van der Waals surface area contributed by atoms with Gasteiger partial charge in [-0.3, -0.25) is 4.98 Å². The van der Waals surface area contributed by atoms with E-state index in [1.165, 1.54) is 11.4 Å². The Morgan fingerprint density at radius 1 is 1.07 bits per heavy atom. The van der Waals surface area contributed by atoms with Crippen LogP contribution in [0.1, 0.15) is 30.4 Å². The number of likely N-dealkylation sites (N-methyl/N-ethyl adjacent to an activating group) is 1. The number of rotatable bonds is 5. The SMILES string of the molecule is CCN1C(=S)NC(c2ccccn2)C1c1cccn1-c1ccc(N(C)C)cc1. The Bertz CT molecular complexity index is 949. The molecule has 1 aromatic carbocycles. The van der Waals surface area contributed by atoms with Gasteiger partial charge in [0, 0.05) is 50.1 Å². The summed E-state index contributed by atoms with van der Waals surface area (Å²) < 4.78 is 2.25. The fourth-order valence-electron chi connectivity index (χ4n) is 3.85. The molecule has 0 aliphatic carbocycles. The van der Waals surface area contributed by atoms with Gasteiger partial charge in [-0.15, -0.1) is 0 Å². The van der Waals surface area contributed by atoms with Gasteiger partial charge in [-0.1, -0.05) is 6.07 Å². The molecule has 6 heteroatoms. The van der Waals surface area contributed by atoms with Gasteiger partial charge in [0.25, 0.3) is 0 Å². The first-order valence-electron chi connectivity index (χ1n) is 9.53. The summed E-state index contributed by atoms with van der Waals surface area (Å²) in [5.41, 5.74) is 4.52. The molecule has 1 fully saturated rings. The molecule has 4 rings (SSSR count). The van der Waals surface area contributed by atoms with Crippen LogP contribution in [0.15, 0.2) is 67.0 Å². The second kappa shape index (κ2) is 7.64. The summed E-state index contributed by atoms with van der Waals surface area (Å²) in [7, 11) is 4.11. The van der Waals surface area contributed by atoms with Crippen LogP contribution in [0.2, 0.25) is 0 Å². The van der Waals surface area contributed by atoms with Crippen molar-refractivity contribution >= 4 is 23.0 Å².